The van der Waals surface area contributed by atoms with Gasteiger partial charge >= 0.3 is 12.4 Å². The van der Waals surface area contributed by atoms with E-state index in [0.29, 0.717) is 17.4 Å². The number of anilines is 1. The van der Waals surface area contributed by atoms with Crippen LogP contribution in [-0.4, -0.2) is 43.7 Å². The molecule has 0 aliphatic rings. The Morgan fingerprint density at radius 2 is 1.78 bits per heavy atom. The minimum absolute atomic E-state index is 0.0223. The number of benzene rings is 1. The first-order valence-electron chi connectivity index (χ1n) is 7.97. The zero-order valence-corrected chi connectivity index (χ0v) is 14.9. The first-order chi connectivity index (χ1) is 12.3. The summed E-state index contributed by atoms with van der Waals surface area (Å²) in [5, 5.41) is 8.85. The number of alkyl halides is 6. The van der Waals surface area contributed by atoms with Crippen molar-refractivity contribution in [1.29, 1.82) is 5.26 Å². The minimum atomic E-state index is -4.92. The monoisotopic (exact) mass is 395 g/mol. The number of likely N-dealkylation sites (N-methyl/N-ethyl adjacent to an activating group) is 1. The van der Waals surface area contributed by atoms with Gasteiger partial charge < -0.3 is 9.80 Å². The van der Waals surface area contributed by atoms with Crippen LogP contribution in [-0.2, 0) is 11.0 Å². The van der Waals surface area contributed by atoms with E-state index >= 15 is 0 Å². The fraction of sp³-hybridized carbons (Fsp3) is 0.529. The predicted octanol–water partition coefficient (Wildman–Crippen LogP) is 4.20. The van der Waals surface area contributed by atoms with Crippen molar-refractivity contribution >= 4 is 11.6 Å². The van der Waals surface area contributed by atoms with E-state index in [2.05, 4.69) is 0 Å². The van der Waals surface area contributed by atoms with Gasteiger partial charge in [-0.25, -0.2) is 0 Å². The minimum Gasteiger partial charge on any atom is -0.350 e. The lowest BCUT2D eigenvalue weighted by atomic mass is 10.0. The van der Waals surface area contributed by atoms with Crippen molar-refractivity contribution in [3.63, 3.8) is 0 Å². The molecular formula is C17H19F6N3O. The number of carbonyl (C=O) groups is 1. The number of carbonyl (C=O) groups excluding carboxylic acids is 1. The second kappa shape index (κ2) is 8.50. The summed E-state index contributed by atoms with van der Waals surface area (Å²) < 4.78 is 78.8. The molecule has 0 saturated heterocycles. The molecule has 1 rings (SSSR count). The van der Waals surface area contributed by atoms with Crippen LogP contribution in [0.1, 0.15) is 30.9 Å². The van der Waals surface area contributed by atoms with Crippen LogP contribution in [0.4, 0.5) is 32.0 Å². The van der Waals surface area contributed by atoms with E-state index in [9.17, 15) is 31.1 Å². The van der Waals surface area contributed by atoms with E-state index < -0.39 is 47.7 Å². The molecule has 0 spiro atoms. The molecule has 0 aliphatic carbocycles. The van der Waals surface area contributed by atoms with Crippen molar-refractivity contribution in [2.45, 2.75) is 38.2 Å². The summed E-state index contributed by atoms with van der Waals surface area (Å²) >= 11 is 0. The summed E-state index contributed by atoms with van der Waals surface area (Å²) in [6, 6.07) is 2.37. The first kappa shape index (κ1) is 22.6. The van der Waals surface area contributed by atoms with Crippen LogP contribution >= 0.6 is 0 Å². The van der Waals surface area contributed by atoms with Gasteiger partial charge in [0.05, 0.1) is 17.2 Å². The van der Waals surface area contributed by atoms with Gasteiger partial charge in [-0.15, -0.1) is 0 Å². The molecule has 0 saturated carbocycles. The molecule has 150 valence electrons. The lowest BCUT2D eigenvalue weighted by Gasteiger charge is -2.35. The lowest BCUT2D eigenvalue weighted by Crippen LogP contribution is -2.50. The van der Waals surface area contributed by atoms with Crippen molar-refractivity contribution in [3.05, 3.63) is 29.3 Å². The zero-order valence-electron chi connectivity index (χ0n) is 14.9. The van der Waals surface area contributed by atoms with Gasteiger partial charge in [0.25, 0.3) is 0 Å². The van der Waals surface area contributed by atoms with Crippen LogP contribution in [0.5, 0.6) is 0 Å². The molecule has 1 amide bonds. The highest BCUT2D eigenvalue weighted by molar-refractivity contribution is 5.85. The maximum absolute atomic E-state index is 13.2. The number of hydrogen-bond donors (Lipinski definition) is 0. The van der Waals surface area contributed by atoms with Gasteiger partial charge in [-0.05, 0) is 24.6 Å². The SMILES string of the molecule is CCC[C@@H](C(=O)N(C)C)N(CC(F)(F)F)c1ccc(C#N)c(C(F)(F)F)c1. The third-order valence-electron chi connectivity index (χ3n) is 3.77. The molecule has 0 heterocycles. The van der Waals surface area contributed by atoms with E-state index in [4.69, 9.17) is 5.26 Å². The normalized spacial score (nSPS) is 13.0. The van der Waals surface area contributed by atoms with Crippen LogP contribution in [0.15, 0.2) is 18.2 Å². The number of hydrogen-bond acceptors (Lipinski definition) is 3. The van der Waals surface area contributed by atoms with Gasteiger partial charge in [0.1, 0.15) is 12.6 Å². The Bertz CT molecular complexity index is 706. The predicted molar refractivity (Wildman–Crippen MR) is 87.0 cm³/mol. The fourth-order valence-electron chi connectivity index (χ4n) is 2.60. The maximum Gasteiger partial charge on any atom is 0.417 e. The molecule has 0 aliphatic heterocycles. The van der Waals surface area contributed by atoms with E-state index in [0.717, 1.165) is 17.0 Å². The highest BCUT2D eigenvalue weighted by Gasteiger charge is 2.39. The number of nitriles is 1. The van der Waals surface area contributed by atoms with Crippen LogP contribution in [0.3, 0.4) is 0 Å². The molecule has 4 nitrogen and oxygen atoms in total. The Hall–Kier alpha value is -2.44. The maximum atomic E-state index is 13.2. The van der Waals surface area contributed by atoms with Crippen molar-refractivity contribution in [1.82, 2.24) is 4.90 Å². The first-order valence-corrected chi connectivity index (χ1v) is 7.97. The molecule has 1 aromatic carbocycles. The molecule has 0 radical (unpaired) electrons. The summed E-state index contributed by atoms with van der Waals surface area (Å²) in [6.45, 7) is 0.0576. The van der Waals surface area contributed by atoms with Crippen LogP contribution in [0, 0.1) is 11.3 Å². The summed E-state index contributed by atoms with van der Waals surface area (Å²) in [5.74, 6) is -0.654. The summed E-state index contributed by atoms with van der Waals surface area (Å²) in [5.41, 5.74) is -2.47. The Morgan fingerprint density at radius 3 is 2.19 bits per heavy atom. The molecule has 0 N–H and O–H groups in total. The molecule has 0 unspecified atom stereocenters. The Kier molecular flexibility index (Phi) is 7.11. The second-order valence-corrected chi connectivity index (χ2v) is 6.12. The van der Waals surface area contributed by atoms with Gasteiger partial charge in [-0.1, -0.05) is 13.3 Å². The average molecular weight is 395 g/mol. The molecule has 0 aromatic heterocycles. The lowest BCUT2D eigenvalue weighted by molar-refractivity contribution is -0.137. The average Bonchev–Trinajstić information content (AvgIpc) is 2.55. The molecule has 1 aromatic rings. The number of amides is 1. The van der Waals surface area contributed by atoms with Gasteiger partial charge in [-0.3, -0.25) is 4.79 Å². The van der Waals surface area contributed by atoms with Crippen LogP contribution in [0.2, 0.25) is 0 Å². The highest BCUT2D eigenvalue weighted by atomic mass is 19.4. The quantitative estimate of drug-likeness (QED) is 0.679. The zero-order chi connectivity index (χ0) is 21.0. The van der Waals surface area contributed by atoms with Gasteiger partial charge in [0.2, 0.25) is 5.91 Å². The summed E-state index contributed by atoms with van der Waals surface area (Å²) in [6.07, 6.45) is -9.29. The van der Waals surface area contributed by atoms with Crippen LogP contribution < -0.4 is 4.90 Å². The largest absolute Gasteiger partial charge is 0.417 e. The fourth-order valence-corrected chi connectivity index (χ4v) is 2.60. The number of halogens is 6. The van der Waals surface area contributed by atoms with Crippen molar-refractivity contribution < 1.29 is 31.1 Å². The summed E-state index contributed by atoms with van der Waals surface area (Å²) in [4.78, 5) is 14.1. The van der Waals surface area contributed by atoms with Crippen molar-refractivity contribution in [2.24, 2.45) is 0 Å². The van der Waals surface area contributed by atoms with E-state index in [1.807, 2.05) is 0 Å². The standard InChI is InChI=1S/C17H19F6N3O/c1-4-5-14(15(27)25(2)3)26(10-16(18,19)20)12-7-6-11(9-24)13(8-12)17(21,22)23/h6-8,14H,4-5,10H2,1-3H3/t14-/m0/s1. The van der Waals surface area contributed by atoms with Crippen LogP contribution in [0.25, 0.3) is 0 Å². The molecule has 0 fully saturated rings. The molecule has 27 heavy (non-hydrogen) atoms. The van der Waals surface area contributed by atoms with E-state index in [-0.39, 0.29) is 6.42 Å². The van der Waals surface area contributed by atoms with Crippen molar-refractivity contribution in [3.8, 4) is 6.07 Å². The summed E-state index contributed by atoms with van der Waals surface area (Å²) in [7, 11) is 2.72. The molecule has 10 heteroatoms. The third-order valence-corrected chi connectivity index (χ3v) is 3.77. The van der Waals surface area contributed by atoms with E-state index in [1.165, 1.54) is 20.2 Å². The van der Waals surface area contributed by atoms with Gasteiger partial charge in [-0.2, -0.15) is 31.6 Å². The molecule has 1 atom stereocenters. The number of rotatable bonds is 6. The number of nitrogens with zero attached hydrogens (tertiary/aromatic N) is 3. The van der Waals surface area contributed by atoms with Crippen molar-refractivity contribution in [2.75, 3.05) is 25.5 Å². The Morgan fingerprint density at radius 1 is 1.19 bits per heavy atom. The second-order valence-electron chi connectivity index (χ2n) is 6.12. The third kappa shape index (κ3) is 6.05. The smallest absolute Gasteiger partial charge is 0.350 e. The molecular weight excluding hydrogens is 376 g/mol. The van der Waals surface area contributed by atoms with Gasteiger partial charge in [0, 0.05) is 19.8 Å². The Balaban J connectivity index is 3.56. The molecule has 0 bridgehead atoms. The van der Waals surface area contributed by atoms with Gasteiger partial charge in [0.15, 0.2) is 0 Å². The highest BCUT2D eigenvalue weighted by Crippen LogP contribution is 2.36. The topological polar surface area (TPSA) is 47.3 Å². The Labute approximate surface area is 153 Å². The van der Waals surface area contributed by atoms with E-state index in [1.54, 1.807) is 6.92 Å².